The van der Waals surface area contributed by atoms with E-state index in [9.17, 15) is 0 Å². The van der Waals surface area contributed by atoms with Crippen LogP contribution in [0.3, 0.4) is 0 Å². The molecule has 3 aromatic carbocycles. The molecule has 0 unspecified atom stereocenters. The molecular weight excluding hydrogens is 403 g/mol. The number of aryl methyl sites for hydroxylation is 1. The Balaban J connectivity index is 1.36. The van der Waals surface area contributed by atoms with Gasteiger partial charge in [0.25, 0.3) is 7.28 Å². The number of thiazole rings is 1. The zero-order valence-corrected chi connectivity index (χ0v) is 17.6. The lowest BCUT2D eigenvalue weighted by Crippen LogP contribution is -2.29. The lowest BCUT2D eigenvalue weighted by atomic mass is 9.68. The predicted octanol–water partition coefficient (Wildman–Crippen LogP) is 4.26. The Labute approximate surface area is 184 Å². The second kappa shape index (κ2) is 8.09. The lowest BCUT2D eigenvalue weighted by Gasteiger charge is -2.07. The SMILES string of the molecule is Cc1ccc(Nc2nc3ccccc3s2)cc1Bc1ncc(-c2ccc(C#N)cc2)o1. The Hall–Kier alpha value is -3.89. The Bertz CT molecular complexity index is 1380. The van der Waals surface area contributed by atoms with Crippen LogP contribution < -0.4 is 16.6 Å². The summed E-state index contributed by atoms with van der Waals surface area (Å²) in [7, 11) is 0.595. The van der Waals surface area contributed by atoms with Gasteiger partial charge in [-0.15, -0.1) is 0 Å². The van der Waals surface area contributed by atoms with Crippen LogP contribution in [-0.4, -0.2) is 17.2 Å². The fourth-order valence-corrected chi connectivity index (χ4v) is 4.27. The van der Waals surface area contributed by atoms with E-state index in [1.165, 1.54) is 5.56 Å². The molecule has 0 aliphatic carbocycles. The van der Waals surface area contributed by atoms with Crippen LogP contribution in [0.1, 0.15) is 11.1 Å². The van der Waals surface area contributed by atoms with E-state index in [0.29, 0.717) is 24.4 Å². The number of rotatable bonds is 5. The molecule has 0 aliphatic rings. The number of benzene rings is 3. The molecular formula is C24H17BN4OS. The van der Waals surface area contributed by atoms with Gasteiger partial charge in [0.2, 0.25) is 0 Å². The van der Waals surface area contributed by atoms with E-state index in [-0.39, 0.29) is 0 Å². The first-order valence-corrected chi connectivity index (χ1v) is 10.7. The third kappa shape index (κ3) is 4.07. The first kappa shape index (κ1) is 19.1. The number of anilines is 2. The monoisotopic (exact) mass is 420 g/mol. The Morgan fingerprint density at radius 2 is 1.90 bits per heavy atom. The van der Waals surface area contributed by atoms with Crippen molar-refractivity contribution < 1.29 is 4.42 Å². The molecule has 0 bridgehead atoms. The molecule has 148 valence electrons. The highest BCUT2D eigenvalue weighted by molar-refractivity contribution is 7.22. The van der Waals surface area contributed by atoms with E-state index in [0.717, 1.165) is 32.1 Å². The van der Waals surface area contributed by atoms with E-state index >= 15 is 0 Å². The highest BCUT2D eigenvalue weighted by Gasteiger charge is 2.12. The van der Waals surface area contributed by atoms with Crippen molar-refractivity contribution in [3.8, 4) is 17.4 Å². The maximum atomic E-state index is 8.95. The second-order valence-corrected chi connectivity index (χ2v) is 8.27. The molecule has 5 nitrogen and oxygen atoms in total. The van der Waals surface area contributed by atoms with Crippen LogP contribution in [-0.2, 0) is 0 Å². The van der Waals surface area contributed by atoms with Gasteiger partial charge in [0.05, 0.1) is 28.0 Å². The van der Waals surface area contributed by atoms with Gasteiger partial charge < -0.3 is 9.73 Å². The summed E-state index contributed by atoms with van der Waals surface area (Å²) < 4.78 is 7.14. The van der Waals surface area contributed by atoms with Gasteiger partial charge in [0.1, 0.15) is 5.79 Å². The number of para-hydroxylation sites is 1. The first-order valence-electron chi connectivity index (χ1n) is 9.85. The number of aromatic nitrogens is 2. The third-order valence-electron chi connectivity index (χ3n) is 5.09. The van der Waals surface area contributed by atoms with Crippen molar-refractivity contribution in [2.75, 3.05) is 5.32 Å². The molecule has 1 N–H and O–H groups in total. The normalized spacial score (nSPS) is 10.7. The van der Waals surface area contributed by atoms with Crippen LogP contribution in [0.25, 0.3) is 21.5 Å². The summed E-state index contributed by atoms with van der Waals surface area (Å²) in [6, 6.07) is 23.8. The molecule has 0 fully saturated rings. The molecule has 5 rings (SSSR count). The molecule has 0 aliphatic heterocycles. The molecule has 5 aromatic rings. The van der Waals surface area contributed by atoms with Crippen molar-refractivity contribution in [1.29, 1.82) is 5.26 Å². The molecule has 0 radical (unpaired) electrons. The van der Waals surface area contributed by atoms with Gasteiger partial charge in [-0.25, -0.2) is 9.97 Å². The topological polar surface area (TPSA) is 74.7 Å². The van der Waals surface area contributed by atoms with E-state index < -0.39 is 0 Å². The summed E-state index contributed by atoms with van der Waals surface area (Å²) in [5.41, 5.74) is 5.82. The van der Waals surface area contributed by atoms with Gasteiger partial charge in [-0.05, 0) is 55.5 Å². The van der Waals surface area contributed by atoms with Crippen LogP contribution in [0.5, 0.6) is 0 Å². The smallest absolute Gasteiger partial charge is 0.264 e. The summed E-state index contributed by atoms with van der Waals surface area (Å²) in [6.07, 6.45) is 1.73. The zero-order valence-electron chi connectivity index (χ0n) is 16.8. The fraction of sp³-hybridized carbons (Fsp3) is 0.0417. The number of nitrogens with one attached hydrogen (secondary N) is 1. The highest BCUT2D eigenvalue weighted by Crippen LogP contribution is 2.27. The maximum absolute atomic E-state index is 8.95. The quantitative estimate of drug-likeness (QED) is 0.430. The Morgan fingerprint density at radius 3 is 2.71 bits per heavy atom. The molecule has 7 heteroatoms. The number of nitrogens with zero attached hydrogens (tertiary/aromatic N) is 3. The van der Waals surface area contributed by atoms with Gasteiger partial charge >= 0.3 is 0 Å². The second-order valence-electron chi connectivity index (χ2n) is 7.24. The summed E-state index contributed by atoms with van der Waals surface area (Å²) in [6.45, 7) is 2.08. The molecule has 0 spiro atoms. The minimum Gasteiger partial charge on any atom is -0.451 e. The number of nitriles is 1. The maximum Gasteiger partial charge on any atom is 0.264 e. The number of fused-ring (bicyclic) bond motifs is 1. The summed E-state index contributed by atoms with van der Waals surface area (Å²) in [4.78, 5) is 9.10. The van der Waals surface area contributed by atoms with Crippen LogP contribution >= 0.6 is 11.3 Å². The molecule has 0 saturated carbocycles. The minimum atomic E-state index is 0.595. The van der Waals surface area contributed by atoms with Crippen molar-refractivity contribution in [2.24, 2.45) is 0 Å². The molecule has 0 atom stereocenters. The molecule has 31 heavy (non-hydrogen) atoms. The van der Waals surface area contributed by atoms with Gasteiger partial charge in [-0.1, -0.05) is 40.6 Å². The number of hydrogen-bond donors (Lipinski definition) is 1. The van der Waals surface area contributed by atoms with E-state index in [4.69, 9.17) is 9.68 Å². The van der Waals surface area contributed by atoms with Crippen molar-refractivity contribution in [3.63, 3.8) is 0 Å². The Morgan fingerprint density at radius 1 is 1.06 bits per heavy atom. The fourth-order valence-electron chi connectivity index (χ4n) is 3.39. The molecule has 0 saturated heterocycles. The van der Waals surface area contributed by atoms with Crippen molar-refractivity contribution in [1.82, 2.24) is 9.97 Å². The molecule has 0 amide bonds. The average molecular weight is 420 g/mol. The largest absolute Gasteiger partial charge is 0.451 e. The minimum absolute atomic E-state index is 0.595. The zero-order chi connectivity index (χ0) is 21.2. The number of oxazole rings is 1. The Kier molecular flexibility index (Phi) is 4.99. The predicted molar refractivity (Wildman–Crippen MR) is 127 cm³/mol. The first-order chi connectivity index (χ1) is 15.2. The van der Waals surface area contributed by atoms with Crippen molar-refractivity contribution in [2.45, 2.75) is 6.92 Å². The van der Waals surface area contributed by atoms with E-state index in [1.54, 1.807) is 29.7 Å². The van der Waals surface area contributed by atoms with Crippen LogP contribution in [0.15, 0.2) is 77.3 Å². The van der Waals surface area contributed by atoms with Crippen LogP contribution in [0.2, 0.25) is 0 Å². The lowest BCUT2D eigenvalue weighted by molar-refractivity contribution is 0.610. The summed E-state index contributed by atoms with van der Waals surface area (Å²) in [5, 5.41) is 13.2. The van der Waals surface area contributed by atoms with E-state index in [2.05, 4.69) is 52.5 Å². The summed E-state index contributed by atoms with van der Waals surface area (Å²) >= 11 is 1.64. The van der Waals surface area contributed by atoms with E-state index in [1.807, 2.05) is 30.3 Å². The highest BCUT2D eigenvalue weighted by atomic mass is 32.1. The molecule has 2 heterocycles. The average Bonchev–Trinajstić information content (AvgIpc) is 3.42. The third-order valence-corrected chi connectivity index (χ3v) is 6.04. The molecule has 2 aromatic heterocycles. The van der Waals surface area contributed by atoms with Gasteiger partial charge in [-0.2, -0.15) is 5.26 Å². The van der Waals surface area contributed by atoms with Gasteiger partial charge in [0, 0.05) is 11.3 Å². The van der Waals surface area contributed by atoms with Crippen LogP contribution in [0, 0.1) is 18.3 Å². The van der Waals surface area contributed by atoms with Crippen LogP contribution in [0.4, 0.5) is 10.8 Å². The summed E-state index contributed by atoms with van der Waals surface area (Å²) in [5.74, 6) is 1.35. The van der Waals surface area contributed by atoms with Crippen molar-refractivity contribution >= 4 is 50.9 Å². The number of hydrogen-bond acceptors (Lipinski definition) is 6. The van der Waals surface area contributed by atoms with Gasteiger partial charge in [-0.3, -0.25) is 0 Å². The van der Waals surface area contributed by atoms with Gasteiger partial charge in [0.15, 0.2) is 10.9 Å². The standard InChI is InChI=1S/C24H17BN4OS/c1-15-6-11-18(28-24-29-20-4-2-3-5-22(20)31-24)12-19(15)25-23-27-14-21(30-23)17-9-7-16(13-26)8-10-17/h2-12,14,25H,1H3,(H,28,29). The van der Waals surface area contributed by atoms with Crippen molar-refractivity contribution in [3.05, 3.63) is 84.1 Å².